The molecule has 0 heterocycles. The molecule has 0 unspecified atom stereocenters. The number of ether oxygens (including phenoxy) is 1. The highest BCUT2D eigenvalue weighted by molar-refractivity contribution is 14.0. The van der Waals surface area contributed by atoms with Crippen LogP contribution in [-0.2, 0) is 19.5 Å². The van der Waals surface area contributed by atoms with Crippen LogP contribution in [0.3, 0.4) is 0 Å². The molecule has 0 radical (unpaired) electrons. The second-order valence-corrected chi connectivity index (χ2v) is 6.68. The van der Waals surface area contributed by atoms with E-state index in [0.717, 1.165) is 50.9 Å². The normalized spacial score (nSPS) is 11.1. The van der Waals surface area contributed by atoms with Gasteiger partial charge in [0, 0.05) is 26.7 Å². The molecular weight excluding hydrogens is 475 g/mol. The van der Waals surface area contributed by atoms with Crippen LogP contribution >= 0.6 is 24.0 Å². The first-order valence-corrected chi connectivity index (χ1v) is 10.1. The zero-order valence-corrected chi connectivity index (χ0v) is 20.4. The maximum Gasteiger partial charge on any atom is 0.191 e. The maximum atomic E-state index is 5.20. The third kappa shape index (κ3) is 8.62. The molecule has 0 spiro atoms. The molecule has 2 N–H and O–H groups in total. The van der Waals surface area contributed by atoms with Gasteiger partial charge in [-0.2, -0.15) is 0 Å². The molecule has 0 aliphatic heterocycles. The molecular formula is C23H35IN4O. The number of nitrogens with zero attached hydrogens (tertiary/aromatic N) is 2. The summed E-state index contributed by atoms with van der Waals surface area (Å²) in [5.74, 6) is 1.71. The van der Waals surface area contributed by atoms with Crippen molar-refractivity contribution in [1.29, 1.82) is 0 Å². The zero-order chi connectivity index (χ0) is 20.2. The summed E-state index contributed by atoms with van der Waals surface area (Å²) >= 11 is 0. The topological polar surface area (TPSA) is 48.9 Å². The van der Waals surface area contributed by atoms with E-state index >= 15 is 0 Å². The van der Waals surface area contributed by atoms with E-state index in [-0.39, 0.29) is 24.0 Å². The zero-order valence-electron chi connectivity index (χ0n) is 18.1. The fraction of sp³-hybridized carbons (Fsp3) is 0.435. The van der Waals surface area contributed by atoms with Crippen molar-refractivity contribution < 1.29 is 4.74 Å². The molecule has 2 aromatic rings. The van der Waals surface area contributed by atoms with Crippen LogP contribution in [0.5, 0.6) is 5.75 Å². The lowest BCUT2D eigenvalue weighted by Crippen LogP contribution is -2.38. The fourth-order valence-corrected chi connectivity index (χ4v) is 3.09. The highest BCUT2D eigenvalue weighted by Gasteiger charge is 2.07. The Morgan fingerprint density at radius 3 is 2.21 bits per heavy atom. The molecule has 2 aromatic carbocycles. The van der Waals surface area contributed by atoms with Gasteiger partial charge in [0.2, 0.25) is 0 Å². The molecule has 29 heavy (non-hydrogen) atoms. The monoisotopic (exact) mass is 510 g/mol. The summed E-state index contributed by atoms with van der Waals surface area (Å²) < 4.78 is 5.20. The van der Waals surface area contributed by atoms with Gasteiger partial charge in [-0.25, -0.2) is 0 Å². The Labute approximate surface area is 193 Å². The smallest absolute Gasteiger partial charge is 0.191 e. The number of guanidine groups is 1. The lowest BCUT2D eigenvalue weighted by Gasteiger charge is -2.20. The van der Waals surface area contributed by atoms with Gasteiger partial charge in [0.05, 0.1) is 7.11 Å². The van der Waals surface area contributed by atoms with Crippen LogP contribution in [-0.4, -0.2) is 44.7 Å². The minimum Gasteiger partial charge on any atom is -0.497 e. The average molecular weight is 510 g/mol. The van der Waals surface area contributed by atoms with Gasteiger partial charge in [-0.1, -0.05) is 50.2 Å². The molecule has 6 heteroatoms. The Morgan fingerprint density at radius 2 is 1.62 bits per heavy atom. The van der Waals surface area contributed by atoms with Crippen molar-refractivity contribution in [1.82, 2.24) is 15.5 Å². The van der Waals surface area contributed by atoms with Gasteiger partial charge in [0.25, 0.3) is 0 Å². The number of methoxy groups -OCH3 is 1. The Morgan fingerprint density at radius 1 is 0.966 bits per heavy atom. The Bertz CT molecular complexity index is 730. The van der Waals surface area contributed by atoms with Crippen LogP contribution in [0, 0.1) is 0 Å². The van der Waals surface area contributed by atoms with E-state index in [1.54, 1.807) is 7.11 Å². The summed E-state index contributed by atoms with van der Waals surface area (Å²) in [5.41, 5.74) is 3.95. The van der Waals surface area contributed by atoms with Crippen LogP contribution in [0.4, 0.5) is 0 Å². The number of benzene rings is 2. The quantitative estimate of drug-likeness (QED) is 0.288. The van der Waals surface area contributed by atoms with Crippen LogP contribution < -0.4 is 15.4 Å². The molecule has 0 aliphatic carbocycles. The van der Waals surface area contributed by atoms with Crippen molar-refractivity contribution in [2.75, 3.05) is 33.8 Å². The molecule has 0 saturated carbocycles. The summed E-state index contributed by atoms with van der Waals surface area (Å²) in [6, 6.07) is 16.8. The van der Waals surface area contributed by atoms with E-state index in [2.05, 4.69) is 70.8 Å². The SMILES string of the molecule is CCN(CC)Cc1ccccc1CNC(=NC)NCCc1ccc(OC)cc1.I. The van der Waals surface area contributed by atoms with Crippen molar-refractivity contribution in [3.63, 3.8) is 0 Å². The van der Waals surface area contributed by atoms with Gasteiger partial charge in [-0.3, -0.25) is 9.89 Å². The minimum absolute atomic E-state index is 0. The van der Waals surface area contributed by atoms with Gasteiger partial charge in [0.15, 0.2) is 5.96 Å². The van der Waals surface area contributed by atoms with Gasteiger partial charge in [-0.05, 0) is 48.3 Å². The average Bonchev–Trinajstić information content (AvgIpc) is 2.75. The van der Waals surface area contributed by atoms with E-state index in [1.165, 1.54) is 16.7 Å². The molecule has 5 nitrogen and oxygen atoms in total. The lowest BCUT2D eigenvalue weighted by molar-refractivity contribution is 0.295. The fourth-order valence-electron chi connectivity index (χ4n) is 3.09. The molecule has 0 aliphatic rings. The summed E-state index contributed by atoms with van der Waals surface area (Å²) in [6.45, 7) is 9.11. The van der Waals surface area contributed by atoms with E-state index in [0.29, 0.717) is 0 Å². The third-order valence-electron chi connectivity index (χ3n) is 4.94. The second kappa shape index (κ2) is 14.2. The van der Waals surface area contributed by atoms with Crippen molar-refractivity contribution in [2.24, 2.45) is 4.99 Å². The van der Waals surface area contributed by atoms with Crippen LogP contribution in [0.25, 0.3) is 0 Å². The summed E-state index contributed by atoms with van der Waals surface area (Å²) in [4.78, 5) is 6.78. The van der Waals surface area contributed by atoms with Crippen LogP contribution in [0.2, 0.25) is 0 Å². The summed E-state index contributed by atoms with van der Waals surface area (Å²) in [7, 11) is 3.50. The summed E-state index contributed by atoms with van der Waals surface area (Å²) in [5, 5.41) is 6.84. The molecule has 0 fully saturated rings. The minimum atomic E-state index is 0. The number of hydrogen-bond donors (Lipinski definition) is 2. The number of halogens is 1. The maximum absolute atomic E-state index is 5.20. The van der Waals surface area contributed by atoms with E-state index in [9.17, 15) is 0 Å². The third-order valence-corrected chi connectivity index (χ3v) is 4.94. The largest absolute Gasteiger partial charge is 0.497 e. The molecule has 2 rings (SSSR count). The first kappa shape index (κ1) is 25.2. The number of hydrogen-bond acceptors (Lipinski definition) is 3. The molecule has 0 aromatic heterocycles. The molecule has 0 saturated heterocycles. The van der Waals surface area contributed by atoms with Crippen molar-refractivity contribution in [3.8, 4) is 5.75 Å². The lowest BCUT2D eigenvalue weighted by atomic mass is 10.1. The predicted octanol–water partition coefficient (Wildman–Crippen LogP) is 4.06. The van der Waals surface area contributed by atoms with Crippen molar-refractivity contribution in [3.05, 3.63) is 65.2 Å². The Balaban J connectivity index is 0.00000420. The number of aliphatic imine (C=N–C) groups is 1. The first-order valence-electron chi connectivity index (χ1n) is 10.1. The Hall–Kier alpha value is -1.80. The van der Waals surface area contributed by atoms with E-state index in [1.807, 2.05) is 19.2 Å². The molecule has 0 bridgehead atoms. The molecule has 160 valence electrons. The van der Waals surface area contributed by atoms with Crippen molar-refractivity contribution >= 4 is 29.9 Å². The van der Waals surface area contributed by atoms with Gasteiger partial charge >= 0.3 is 0 Å². The van der Waals surface area contributed by atoms with E-state index < -0.39 is 0 Å². The highest BCUT2D eigenvalue weighted by Crippen LogP contribution is 2.12. The first-order chi connectivity index (χ1) is 13.7. The van der Waals surface area contributed by atoms with Crippen molar-refractivity contribution in [2.45, 2.75) is 33.4 Å². The Kier molecular flexibility index (Phi) is 12.4. The van der Waals surface area contributed by atoms with Gasteiger partial charge in [0.1, 0.15) is 5.75 Å². The highest BCUT2D eigenvalue weighted by atomic mass is 127. The predicted molar refractivity (Wildman–Crippen MR) is 133 cm³/mol. The van der Waals surface area contributed by atoms with Crippen LogP contribution in [0.15, 0.2) is 53.5 Å². The summed E-state index contributed by atoms with van der Waals surface area (Å²) in [6.07, 6.45) is 0.934. The number of nitrogens with one attached hydrogen (secondary N) is 2. The van der Waals surface area contributed by atoms with Crippen LogP contribution in [0.1, 0.15) is 30.5 Å². The van der Waals surface area contributed by atoms with E-state index in [4.69, 9.17) is 4.74 Å². The van der Waals surface area contributed by atoms with Gasteiger partial charge in [-0.15, -0.1) is 24.0 Å². The molecule has 0 amide bonds. The number of rotatable bonds is 10. The standard InChI is InChI=1S/C23H34N4O.HI/c1-5-27(6-2)18-21-10-8-7-9-20(21)17-26-23(24-3)25-16-15-19-11-13-22(28-4)14-12-19;/h7-14H,5-6,15-18H2,1-4H3,(H2,24,25,26);1H. The van der Waals surface area contributed by atoms with Gasteiger partial charge < -0.3 is 15.4 Å². The second-order valence-electron chi connectivity index (χ2n) is 6.68. The molecule has 0 atom stereocenters.